The van der Waals surface area contributed by atoms with Gasteiger partial charge < -0.3 is 0 Å². The minimum absolute atomic E-state index is 0.0727. The second-order valence-corrected chi connectivity index (χ2v) is 12.4. The zero-order chi connectivity index (χ0) is 27.0. The third-order valence-corrected chi connectivity index (χ3v) is 10.0. The third kappa shape index (κ3) is 5.15. The van der Waals surface area contributed by atoms with Crippen LogP contribution in [-0.2, 0) is 21.4 Å². The second-order valence-electron chi connectivity index (χ2n) is 9.08. The summed E-state index contributed by atoms with van der Waals surface area (Å²) in [5.74, 6) is -2.97. The molecule has 7 nitrogen and oxygen atoms in total. The summed E-state index contributed by atoms with van der Waals surface area (Å²) in [7, 11) is -4.03. The highest BCUT2D eigenvalue weighted by Crippen LogP contribution is 2.37. The molecule has 0 spiro atoms. The number of benzene rings is 2. The molecule has 4 aromatic rings. The molecule has 38 heavy (non-hydrogen) atoms. The van der Waals surface area contributed by atoms with Crippen molar-refractivity contribution in [3.05, 3.63) is 82.6 Å². The van der Waals surface area contributed by atoms with E-state index in [-0.39, 0.29) is 43.3 Å². The quantitative estimate of drug-likeness (QED) is 0.300. The van der Waals surface area contributed by atoms with Crippen LogP contribution in [0.3, 0.4) is 0 Å². The van der Waals surface area contributed by atoms with Crippen molar-refractivity contribution in [3.8, 4) is 0 Å². The topological polar surface area (TPSA) is 83.5 Å². The Hall–Kier alpha value is -2.99. The van der Waals surface area contributed by atoms with E-state index in [1.54, 1.807) is 29.4 Å². The number of pyridine rings is 1. The molecule has 1 amide bonds. The highest BCUT2D eigenvalue weighted by molar-refractivity contribution is 7.89. The SMILES string of the molecule is Cc1ccc(Cl)c2sc(N(Cc3cccnc3)C(=O)C3CCN(S(=O)(=O)c4ccc(F)c(F)c4)CC3)nc12. The van der Waals surface area contributed by atoms with Gasteiger partial charge in [0.2, 0.25) is 15.9 Å². The normalized spacial score (nSPS) is 15.2. The number of fused-ring (bicyclic) bond motifs is 1. The lowest BCUT2D eigenvalue weighted by atomic mass is 9.96. The van der Waals surface area contributed by atoms with E-state index in [4.69, 9.17) is 16.6 Å². The Bertz CT molecular complexity index is 1570. The van der Waals surface area contributed by atoms with Crippen LogP contribution >= 0.6 is 22.9 Å². The number of anilines is 1. The first-order valence-corrected chi connectivity index (χ1v) is 14.5. The molecule has 2 aromatic carbocycles. The van der Waals surface area contributed by atoms with Gasteiger partial charge in [-0.1, -0.05) is 35.1 Å². The van der Waals surface area contributed by atoms with Gasteiger partial charge in [-0.2, -0.15) is 4.31 Å². The number of piperidine rings is 1. The summed E-state index contributed by atoms with van der Waals surface area (Å²) in [5, 5.41) is 1.06. The molecule has 0 atom stereocenters. The number of rotatable bonds is 6. The fourth-order valence-electron chi connectivity index (χ4n) is 4.47. The molecule has 0 saturated carbocycles. The maximum absolute atomic E-state index is 13.8. The van der Waals surface area contributed by atoms with Gasteiger partial charge >= 0.3 is 0 Å². The van der Waals surface area contributed by atoms with Gasteiger partial charge in [-0.05, 0) is 61.2 Å². The summed E-state index contributed by atoms with van der Waals surface area (Å²) < 4.78 is 55.0. The molecule has 1 aliphatic heterocycles. The van der Waals surface area contributed by atoms with E-state index in [1.807, 2.05) is 19.1 Å². The number of carbonyl (C=O) groups excluding carboxylic acids is 1. The monoisotopic (exact) mass is 576 g/mol. The van der Waals surface area contributed by atoms with Crippen LogP contribution in [0, 0.1) is 24.5 Å². The number of thiazole rings is 1. The zero-order valence-corrected chi connectivity index (χ0v) is 22.7. The number of hydrogen-bond donors (Lipinski definition) is 0. The number of halogens is 3. The molecular weight excluding hydrogens is 554 g/mol. The van der Waals surface area contributed by atoms with Gasteiger partial charge in [0.05, 0.1) is 26.7 Å². The van der Waals surface area contributed by atoms with Crippen LogP contribution in [0.4, 0.5) is 13.9 Å². The number of hydrogen-bond acceptors (Lipinski definition) is 6. The van der Waals surface area contributed by atoms with Gasteiger partial charge in [0, 0.05) is 31.4 Å². The maximum atomic E-state index is 13.8. The third-order valence-electron chi connectivity index (χ3n) is 6.58. The van der Waals surface area contributed by atoms with Crippen molar-refractivity contribution in [3.63, 3.8) is 0 Å². The van der Waals surface area contributed by atoms with E-state index >= 15 is 0 Å². The van der Waals surface area contributed by atoms with Crippen LogP contribution in [-0.4, -0.2) is 41.7 Å². The first kappa shape index (κ1) is 26.6. The lowest BCUT2D eigenvalue weighted by Gasteiger charge is -2.33. The number of carbonyl (C=O) groups is 1. The van der Waals surface area contributed by atoms with Crippen molar-refractivity contribution < 1.29 is 22.0 Å². The second kappa shape index (κ2) is 10.6. The van der Waals surface area contributed by atoms with Crippen molar-refractivity contribution >= 4 is 54.2 Å². The Balaban J connectivity index is 1.39. The van der Waals surface area contributed by atoms with Crippen LogP contribution in [0.15, 0.2) is 59.8 Å². The van der Waals surface area contributed by atoms with Gasteiger partial charge in [0.25, 0.3) is 0 Å². The Morgan fingerprint density at radius 2 is 1.92 bits per heavy atom. The largest absolute Gasteiger partial charge is 0.283 e. The average Bonchev–Trinajstić information content (AvgIpc) is 3.38. The fourth-order valence-corrected chi connectivity index (χ4v) is 7.27. The lowest BCUT2D eigenvalue weighted by Crippen LogP contribution is -2.44. The molecular formula is C26H23ClF2N4O3S2. The molecule has 3 heterocycles. The van der Waals surface area contributed by atoms with E-state index in [0.29, 0.717) is 16.2 Å². The minimum atomic E-state index is -4.03. The van der Waals surface area contributed by atoms with Gasteiger partial charge in [-0.25, -0.2) is 22.2 Å². The van der Waals surface area contributed by atoms with Gasteiger partial charge in [0.15, 0.2) is 16.8 Å². The van der Waals surface area contributed by atoms with Crippen molar-refractivity contribution in [2.45, 2.75) is 31.2 Å². The summed E-state index contributed by atoms with van der Waals surface area (Å²) in [4.78, 5) is 24.0. The Labute approximate surface area is 227 Å². The predicted octanol–water partition coefficient (Wildman–Crippen LogP) is 5.57. The predicted molar refractivity (Wildman–Crippen MR) is 143 cm³/mol. The molecule has 198 valence electrons. The van der Waals surface area contributed by atoms with Gasteiger partial charge in [-0.15, -0.1) is 0 Å². The first-order chi connectivity index (χ1) is 18.1. The van der Waals surface area contributed by atoms with Crippen LogP contribution < -0.4 is 4.90 Å². The molecule has 0 N–H and O–H groups in total. The van der Waals surface area contributed by atoms with Crippen LogP contribution in [0.5, 0.6) is 0 Å². The molecule has 0 aliphatic carbocycles. The molecule has 12 heteroatoms. The van der Waals surface area contributed by atoms with Crippen molar-refractivity contribution in [2.75, 3.05) is 18.0 Å². The Kier molecular flexibility index (Phi) is 7.45. The molecule has 1 aliphatic rings. The fraction of sp³-hybridized carbons (Fsp3) is 0.269. The molecule has 1 fully saturated rings. The lowest BCUT2D eigenvalue weighted by molar-refractivity contribution is -0.123. The Morgan fingerprint density at radius 3 is 2.58 bits per heavy atom. The highest BCUT2D eigenvalue weighted by atomic mass is 35.5. The molecule has 1 saturated heterocycles. The van der Waals surface area contributed by atoms with Crippen LogP contribution in [0.2, 0.25) is 5.02 Å². The zero-order valence-electron chi connectivity index (χ0n) is 20.3. The molecule has 0 unspecified atom stereocenters. The number of sulfonamides is 1. The molecule has 5 rings (SSSR count). The summed E-state index contributed by atoms with van der Waals surface area (Å²) >= 11 is 7.74. The number of nitrogens with zero attached hydrogens (tertiary/aromatic N) is 4. The summed E-state index contributed by atoms with van der Waals surface area (Å²) in [6.45, 7) is 2.32. The molecule has 2 aromatic heterocycles. The van der Waals surface area contributed by atoms with E-state index < -0.39 is 27.6 Å². The summed E-state index contributed by atoms with van der Waals surface area (Å²) in [5.41, 5.74) is 2.49. The number of aryl methyl sites for hydroxylation is 1. The smallest absolute Gasteiger partial charge is 0.243 e. The van der Waals surface area contributed by atoms with E-state index in [2.05, 4.69) is 4.98 Å². The van der Waals surface area contributed by atoms with E-state index in [9.17, 15) is 22.0 Å². The van der Waals surface area contributed by atoms with Crippen molar-refractivity contribution in [1.29, 1.82) is 0 Å². The van der Waals surface area contributed by atoms with Crippen LogP contribution in [0.1, 0.15) is 24.0 Å². The number of aromatic nitrogens is 2. The standard InChI is InChI=1S/C26H23ClF2N4O3S2/c1-16-4-6-20(27)24-23(16)31-26(37-24)33(15-17-3-2-10-30-14-17)25(34)18-8-11-32(12-9-18)38(35,36)19-5-7-21(28)22(29)13-19/h2-7,10,13-14,18H,8-9,11-12,15H2,1H3. The minimum Gasteiger partial charge on any atom is -0.283 e. The van der Waals surface area contributed by atoms with E-state index in [0.717, 1.165) is 33.5 Å². The highest BCUT2D eigenvalue weighted by Gasteiger charge is 2.35. The summed E-state index contributed by atoms with van der Waals surface area (Å²) in [6, 6.07) is 9.86. The van der Waals surface area contributed by atoms with Crippen molar-refractivity contribution in [2.24, 2.45) is 5.92 Å². The maximum Gasteiger partial charge on any atom is 0.243 e. The first-order valence-electron chi connectivity index (χ1n) is 11.9. The average molecular weight is 577 g/mol. The molecule has 0 bridgehead atoms. The van der Waals surface area contributed by atoms with Gasteiger partial charge in [-0.3, -0.25) is 14.7 Å². The number of amides is 1. The Morgan fingerprint density at radius 1 is 1.16 bits per heavy atom. The molecule has 0 radical (unpaired) electrons. The van der Waals surface area contributed by atoms with E-state index in [1.165, 1.54) is 15.6 Å². The summed E-state index contributed by atoms with van der Waals surface area (Å²) in [6.07, 6.45) is 3.88. The van der Waals surface area contributed by atoms with Crippen molar-refractivity contribution in [1.82, 2.24) is 14.3 Å². The van der Waals surface area contributed by atoms with Gasteiger partial charge in [0.1, 0.15) is 0 Å². The van der Waals surface area contributed by atoms with Crippen LogP contribution in [0.25, 0.3) is 10.2 Å².